The molecule has 10 heteroatoms. The van der Waals surface area contributed by atoms with Gasteiger partial charge in [0.1, 0.15) is 17.2 Å². The predicted octanol–water partition coefficient (Wildman–Crippen LogP) is 5.94. The number of rotatable bonds is 8. The van der Waals surface area contributed by atoms with Crippen molar-refractivity contribution in [3.05, 3.63) is 39.5 Å². The summed E-state index contributed by atoms with van der Waals surface area (Å²) in [6.45, 7) is 18.5. The van der Waals surface area contributed by atoms with Crippen LogP contribution in [0.3, 0.4) is 0 Å². The van der Waals surface area contributed by atoms with Crippen molar-refractivity contribution in [1.29, 1.82) is 0 Å². The summed E-state index contributed by atoms with van der Waals surface area (Å²) in [6.07, 6.45) is 0.371. The topological polar surface area (TPSA) is 96.3 Å². The lowest BCUT2D eigenvalue weighted by atomic mass is 9.96. The number of nitrogens with zero attached hydrogens (tertiary/aromatic N) is 3. The normalized spacial score (nSPS) is 20.8. The number of hydrogen-bond acceptors (Lipinski definition) is 4. The Hall–Kier alpha value is -1.45. The molecule has 0 radical (unpaired) electrons. The van der Waals surface area contributed by atoms with Crippen molar-refractivity contribution in [3.8, 4) is 5.75 Å². The fourth-order valence-corrected chi connectivity index (χ4v) is 5.01. The highest BCUT2D eigenvalue weighted by molar-refractivity contribution is 7.84. The number of hydrogen-bond donors (Lipinski definition) is 1. The minimum atomic E-state index is -2.09. The molecule has 2 rings (SSSR count). The second-order valence-corrected chi connectivity index (χ2v) is 17.9. The van der Waals surface area contributed by atoms with E-state index in [1.807, 2.05) is 27.7 Å². The van der Waals surface area contributed by atoms with Crippen LogP contribution in [-0.4, -0.2) is 36.0 Å². The van der Waals surface area contributed by atoms with E-state index in [2.05, 4.69) is 48.6 Å². The minimum absolute atomic E-state index is 0.00483. The largest absolute Gasteiger partial charge is 0.484 e. The van der Waals surface area contributed by atoms with Gasteiger partial charge >= 0.3 is 0 Å². The molecule has 1 heterocycles. The maximum absolute atomic E-state index is 14.5. The molecule has 0 bridgehead atoms. The summed E-state index contributed by atoms with van der Waals surface area (Å²) in [5, 5.41) is 3.79. The van der Waals surface area contributed by atoms with E-state index >= 15 is 0 Å². The van der Waals surface area contributed by atoms with Crippen LogP contribution >= 0.6 is 0 Å². The van der Waals surface area contributed by atoms with Crippen LogP contribution in [0.25, 0.3) is 10.4 Å². The number of fused-ring (bicyclic) bond motifs is 1. The summed E-state index contributed by atoms with van der Waals surface area (Å²) >= 11 is 0. The third-order valence-electron chi connectivity index (χ3n) is 6.22. The highest BCUT2D eigenvalue weighted by Crippen LogP contribution is 2.43. The minimum Gasteiger partial charge on any atom is -0.484 e. The summed E-state index contributed by atoms with van der Waals surface area (Å²) in [5.41, 5.74) is 9.32. The smallest absolute Gasteiger partial charge is 0.192 e. The molecular weight excluding hydrogens is 447 g/mol. The second kappa shape index (κ2) is 9.42. The van der Waals surface area contributed by atoms with Gasteiger partial charge in [-0.3, -0.25) is 0 Å². The molecule has 0 amide bonds. The van der Waals surface area contributed by atoms with Gasteiger partial charge in [-0.05, 0) is 63.5 Å². The van der Waals surface area contributed by atoms with Crippen molar-refractivity contribution in [3.63, 3.8) is 0 Å². The standard InChI is InChI=1S/C22H37FN4O3SSi/c1-15(26-31(28)20(2,3)4)18-11-17(23)10-16-12-22(13-25-27-24,30-19(16)18)14-29-32(8,9)21(5,6)7/h10-11,15,26H,12-14H2,1-9H3/t15-,22?,31-/m1/s1. The summed E-state index contributed by atoms with van der Waals surface area (Å²) in [4.78, 5) is 2.92. The number of benzene rings is 1. The van der Waals surface area contributed by atoms with Crippen LogP contribution in [-0.2, 0) is 21.8 Å². The molecule has 0 fully saturated rings. The Labute approximate surface area is 194 Å². The Bertz CT molecular complexity index is 923. The van der Waals surface area contributed by atoms with Gasteiger partial charge in [-0.15, -0.1) is 0 Å². The van der Waals surface area contributed by atoms with Crippen LogP contribution < -0.4 is 9.46 Å². The zero-order valence-corrected chi connectivity index (χ0v) is 22.5. The summed E-state index contributed by atoms with van der Waals surface area (Å²) in [5.74, 6) is 0.159. The Morgan fingerprint density at radius 2 is 1.97 bits per heavy atom. The lowest BCUT2D eigenvalue weighted by molar-refractivity contribution is 0.0400. The van der Waals surface area contributed by atoms with Gasteiger partial charge in [0.05, 0.1) is 28.9 Å². The van der Waals surface area contributed by atoms with Gasteiger partial charge in [0.15, 0.2) is 8.32 Å². The number of azide groups is 1. The van der Waals surface area contributed by atoms with Crippen molar-refractivity contribution in [2.75, 3.05) is 13.2 Å². The predicted molar refractivity (Wildman–Crippen MR) is 130 cm³/mol. The summed E-state index contributed by atoms with van der Waals surface area (Å²) in [7, 11) is -3.43. The van der Waals surface area contributed by atoms with Crippen LogP contribution in [0.15, 0.2) is 17.2 Å². The highest BCUT2D eigenvalue weighted by atomic mass is 32.2. The molecule has 1 unspecified atom stereocenters. The molecule has 1 aliphatic heterocycles. The van der Waals surface area contributed by atoms with E-state index in [4.69, 9.17) is 14.7 Å². The van der Waals surface area contributed by atoms with Gasteiger partial charge in [0, 0.05) is 28.5 Å². The molecule has 1 N–H and O–H groups in total. The van der Waals surface area contributed by atoms with E-state index in [9.17, 15) is 8.60 Å². The Balaban J connectivity index is 2.38. The first-order valence-corrected chi connectivity index (χ1v) is 14.9. The first-order chi connectivity index (χ1) is 14.5. The van der Waals surface area contributed by atoms with E-state index in [-0.39, 0.29) is 24.0 Å². The Morgan fingerprint density at radius 3 is 2.50 bits per heavy atom. The van der Waals surface area contributed by atoms with Gasteiger partial charge in [0.25, 0.3) is 0 Å². The van der Waals surface area contributed by atoms with Crippen molar-refractivity contribution >= 4 is 19.3 Å². The molecule has 1 aromatic rings. The van der Waals surface area contributed by atoms with E-state index in [1.54, 1.807) is 0 Å². The maximum atomic E-state index is 14.5. The molecule has 1 aromatic carbocycles. The van der Waals surface area contributed by atoms with Gasteiger partial charge in [0.2, 0.25) is 0 Å². The summed E-state index contributed by atoms with van der Waals surface area (Å²) in [6, 6.07) is 2.46. The van der Waals surface area contributed by atoms with Crippen LogP contribution in [0, 0.1) is 5.82 Å². The van der Waals surface area contributed by atoms with E-state index in [0.29, 0.717) is 23.3 Å². The molecule has 7 nitrogen and oxygen atoms in total. The number of nitrogens with one attached hydrogen (secondary N) is 1. The average molecular weight is 485 g/mol. The molecule has 0 spiro atoms. The van der Waals surface area contributed by atoms with Crippen molar-refractivity contribution in [2.45, 2.75) is 89.4 Å². The number of ether oxygens (including phenoxy) is 1. The lowest BCUT2D eigenvalue weighted by Crippen LogP contribution is -2.49. The van der Waals surface area contributed by atoms with Crippen LogP contribution in [0.4, 0.5) is 4.39 Å². The molecule has 0 saturated carbocycles. The Morgan fingerprint density at radius 1 is 1.34 bits per heavy atom. The van der Waals surface area contributed by atoms with Gasteiger partial charge in [-0.25, -0.2) is 13.3 Å². The molecule has 0 saturated heterocycles. The third kappa shape index (κ3) is 6.11. The molecule has 32 heavy (non-hydrogen) atoms. The van der Waals surface area contributed by atoms with Gasteiger partial charge < -0.3 is 9.16 Å². The third-order valence-corrected chi connectivity index (χ3v) is 12.4. The SMILES string of the molecule is C[C@@H](N[S@](=O)C(C)(C)C)c1cc(F)cc2c1OC(CN=[N+]=[N-])(CO[Si](C)(C)C(C)(C)C)C2. The van der Waals surface area contributed by atoms with Crippen LogP contribution in [0.2, 0.25) is 18.1 Å². The van der Waals surface area contributed by atoms with Crippen molar-refractivity contribution in [1.82, 2.24) is 4.72 Å². The van der Waals surface area contributed by atoms with E-state index in [0.717, 1.165) is 0 Å². The fourth-order valence-electron chi connectivity index (χ4n) is 3.15. The fraction of sp³-hybridized carbons (Fsp3) is 0.727. The van der Waals surface area contributed by atoms with Gasteiger partial charge in [-0.1, -0.05) is 25.9 Å². The molecular formula is C22H37FN4O3SSi. The highest BCUT2D eigenvalue weighted by Gasteiger charge is 2.45. The van der Waals surface area contributed by atoms with E-state index in [1.165, 1.54) is 12.1 Å². The molecule has 0 aliphatic carbocycles. The van der Waals surface area contributed by atoms with Crippen LogP contribution in [0.1, 0.15) is 65.6 Å². The zero-order valence-electron chi connectivity index (χ0n) is 20.7. The van der Waals surface area contributed by atoms with Crippen molar-refractivity contribution in [2.24, 2.45) is 5.11 Å². The number of halogens is 1. The molecule has 180 valence electrons. The van der Waals surface area contributed by atoms with E-state index < -0.39 is 35.7 Å². The Kier molecular flexibility index (Phi) is 7.89. The first kappa shape index (κ1) is 26.8. The first-order valence-electron chi connectivity index (χ1n) is 10.9. The van der Waals surface area contributed by atoms with Gasteiger partial charge in [-0.2, -0.15) is 0 Å². The van der Waals surface area contributed by atoms with Crippen LogP contribution in [0.5, 0.6) is 5.75 Å². The maximum Gasteiger partial charge on any atom is 0.192 e. The summed E-state index contributed by atoms with van der Waals surface area (Å²) < 4.78 is 42.5. The lowest BCUT2D eigenvalue weighted by Gasteiger charge is -2.39. The second-order valence-electron chi connectivity index (χ2n) is 11.1. The monoisotopic (exact) mass is 484 g/mol. The quantitative estimate of drug-likeness (QED) is 0.214. The zero-order chi connectivity index (χ0) is 24.5. The van der Waals surface area contributed by atoms with Crippen molar-refractivity contribution < 1.29 is 17.8 Å². The molecule has 0 aromatic heterocycles. The average Bonchev–Trinajstić information content (AvgIpc) is 3.01. The molecule has 3 atom stereocenters. The molecule has 1 aliphatic rings.